The van der Waals surface area contributed by atoms with E-state index in [0.717, 1.165) is 31.9 Å². The summed E-state index contributed by atoms with van der Waals surface area (Å²) < 4.78 is 5.56. The van der Waals surface area contributed by atoms with Gasteiger partial charge in [0.25, 0.3) is 0 Å². The van der Waals surface area contributed by atoms with Gasteiger partial charge in [0.1, 0.15) is 0 Å². The Bertz CT molecular complexity index is 372. The van der Waals surface area contributed by atoms with Gasteiger partial charge < -0.3 is 21.1 Å². The molecule has 1 saturated heterocycles. The summed E-state index contributed by atoms with van der Waals surface area (Å²) in [5.74, 6) is -0.406. The van der Waals surface area contributed by atoms with Gasteiger partial charge in [-0.3, -0.25) is 4.79 Å². The number of hydrogen-bond donors (Lipinski definition) is 3. The molecule has 0 bridgehead atoms. The third-order valence-corrected chi connectivity index (χ3v) is 2.71. The number of primary amides is 1. The van der Waals surface area contributed by atoms with Crippen LogP contribution in [0.1, 0.15) is 10.4 Å². The van der Waals surface area contributed by atoms with E-state index in [4.69, 9.17) is 10.5 Å². The number of morpholine rings is 1. The first-order valence-corrected chi connectivity index (χ1v) is 5.72. The molecule has 1 amide bonds. The quantitative estimate of drug-likeness (QED) is 0.696. The third kappa shape index (κ3) is 3.44. The second-order valence-corrected chi connectivity index (χ2v) is 4.02. The molecule has 1 aromatic rings. The Morgan fingerprint density at radius 2 is 2.24 bits per heavy atom. The van der Waals surface area contributed by atoms with Gasteiger partial charge in [-0.1, -0.05) is 0 Å². The zero-order valence-electron chi connectivity index (χ0n) is 9.61. The van der Waals surface area contributed by atoms with E-state index < -0.39 is 5.91 Å². The van der Waals surface area contributed by atoms with Crippen molar-refractivity contribution in [1.82, 2.24) is 5.32 Å². The molecule has 17 heavy (non-hydrogen) atoms. The van der Waals surface area contributed by atoms with Crippen molar-refractivity contribution in [3.05, 3.63) is 29.8 Å². The molecule has 1 atom stereocenters. The number of nitrogens with one attached hydrogen (secondary N) is 2. The van der Waals surface area contributed by atoms with Crippen molar-refractivity contribution in [1.29, 1.82) is 0 Å². The maximum atomic E-state index is 10.9. The normalized spacial score (nSPS) is 19.9. The van der Waals surface area contributed by atoms with Crippen LogP contribution >= 0.6 is 0 Å². The van der Waals surface area contributed by atoms with Gasteiger partial charge in [-0.25, -0.2) is 0 Å². The number of hydrogen-bond acceptors (Lipinski definition) is 4. The first-order valence-electron chi connectivity index (χ1n) is 5.72. The van der Waals surface area contributed by atoms with Crippen LogP contribution in [0.3, 0.4) is 0 Å². The van der Waals surface area contributed by atoms with Gasteiger partial charge in [0, 0.05) is 30.9 Å². The number of anilines is 1. The van der Waals surface area contributed by atoms with E-state index in [-0.39, 0.29) is 6.10 Å². The zero-order chi connectivity index (χ0) is 12.1. The molecule has 1 aliphatic heterocycles. The van der Waals surface area contributed by atoms with Crippen LogP contribution in [0.4, 0.5) is 5.69 Å². The molecule has 0 spiro atoms. The average molecular weight is 235 g/mol. The molecule has 1 aliphatic rings. The van der Waals surface area contributed by atoms with Crippen molar-refractivity contribution in [3.63, 3.8) is 0 Å². The smallest absolute Gasteiger partial charge is 0.248 e. The van der Waals surface area contributed by atoms with E-state index in [9.17, 15) is 4.79 Å². The van der Waals surface area contributed by atoms with E-state index in [0.29, 0.717) is 5.56 Å². The summed E-state index contributed by atoms with van der Waals surface area (Å²) in [4.78, 5) is 10.9. The summed E-state index contributed by atoms with van der Waals surface area (Å²) in [6.45, 7) is 3.30. The number of rotatable bonds is 4. The van der Waals surface area contributed by atoms with Crippen molar-refractivity contribution in [2.24, 2.45) is 5.73 Å². The van der Waals surface area contributed by atoms with Crippen LogP contribution in [0.2, 0.25) is 0 Å². The lowest BCUT2D eigenvalue weighted by atomic mass is 10.2. The largest absolute Gasteiger partial charge is 0.382 e. The number of ether oxygens (including phenoxy) is 1. The Morgan fingerprint density at radius 3 is 2.82 bits per heavy atom. The van der Waals surface area contributed by atoms with Gasteiger partial charge in [0.05, 0.1) is 12.7 Å². The van der Waals surface area contributed by atoms with Gasteiger partial charge in [-0.2, -0.15) is 0 Å². The van der Waals surface area contributed by atoms with Crippen molar-refractivity contribution in [3.8, 4) is 0 Å². The molecule has 0 aromatic heterocycles. The van der Waals surface area contributed by atoms with Gasteiger partial charge in [0.15, 0.2) is 0 Å². The minimum atomic E-state index is -0.406. The molecule has 2 rings (SSSR count). The van der Waals surface area contributed by atoms with Gasteiger partial charge >= 0.3 is 0 Å². The number of benzene rings is 1. The summed E-state index contributed by atoms with van der Waals surface area (Å²) in [6, 6.07) is 7.11. The highest BCUT2D eigenvalue weighted by atomic mass is 16.5. The molecule has 0 saturated carbocycles. The van der Waals surface area contributed by atoms with Crippen LogP contribution in [-0.4, -0.2) is 38.3 Å². The van der Waals surface area contributed by atoms with Crippen molar-refractivity contribution in [2.45, 2.75) is 6.10 Å². The monoisotopic (exact) mass is 235 g/mol. The lowest BCUT2D eigenvalue weighted by molar-refractivity contribution is 0.0372. The molecule has 1 unspecified atom stereocenters. The SMILES string of the molecule is NC(=O)c1ccc(NCC2CNCCO2)cc1. The first-order chi connectivity index (χ1) is 8.25. The molecule has 5 heteroatoms. The van der Waals surface area contributed by atoms with E-state index in [2.05, 4.69) is 10.6 Å². The van der Waals surface area contributed by atoms with Crippen molar-refractivity contribution < 1.29 is 9.53 Å². The first kappa shape index (κ1) is 11.9. The lowest BCUT2D eigenvalue weighted by Crippen LogP contribution is -2.42. The van der Waals surface area contributed by atoms with Crippen LogP contribution < -0.4 is 16.4 Å². The summed E-state index contributed by atoms with van der Waals surface area (Å²) >= 11 is 0. The number of carbonyl (C=O) groups is 1. The Hall–Kier alpha value is -1.59. The van der Waals surface area contributed by atoms with Gasteiger partial charge in [-0.15, -0.1) is 0 Å². The minimum Gasteiger partial charge on any atom is -0.382 e. The van der Waals surface area contributed by atoms with E-state index in [1.807, 2.05) is 12.1 Å². The topological polar surface area (TPSA) is 76.4 Å². The van der Waals surface area contributed by atoms with Crippen LogP contribution in [-0.2, 0) is 4.74 Å². The number of amides is 1. The summed E-state index contributed by atoms with van der Waals surface area (Å²) in [6.07, 6.45) is 0.194. The standard InChI is InChI=1S/C12H17N3O2/c13-12(16)9-1-3-10(4-2-9)15-8-11-7-14-5-6-17-11/h1-4,11,14-15H,5-8H2,(H2,13,16). The summed E-state index contributed by atoms with van der Waals surface area (Å²) in [5.41, 5.74) is 6.65. The molecule has 1 heterocycles. The summed E-state index contributed by atoms with van der Waals surface area (Å²) in [5, 5.41) is 6.53. The molecule has 0 radical (unpaired) electrons. The Labute approximate surface area is 100 Å². The third-order valence-electron chi connectivity index (χ3n) is 2.71. The molecule has 5 nitrogen and oxygen atoms in total. The molecular formula is C12H17N3O2. The van der Waals surface area contributed by atoms with Crippen LogP contribution in [0.5, 0.6) is 0 Å². The minimum absolute atomic E-state index is 0.194. The Morgan fingerprint density at radius 1 is 1.47 bits per heavy atom. The van der Waals surface area contributed by atoms with E-state index in [1.54, 1.807) is 12.1 Å². The maximum Gasteiger partial charge on any atom is 0.248 e. The molecular weight excluding hydrogens is 218 g/mol. The molecule has 4 N–H and O–H groups in total. The zero-order valence-corrected chi connectivity index (χ0v) is 9.61. The second-order valence-electron chi connectivity index (χ2n) is 4.02. The molecule has 1 aromatic carbocycles. The number of nitrogens with two attached hydrogens (primary N) is 1. The Kier molecular flexibility index (Phi) is 3.95. The molecule has 1 fully saturated rings. The fourth-order valence-corrected chi connectivity index (χ4v) is 1.73. The highest BCUT2D eigenvalue weighted by Crippen LogP contribution is 2.09. The second kappa shape index (κ2) is 5.65. The average Bonchev–Trinajstić information content (AvgIpc) is 2.38. The Balaban J connectivity index is 1.84. The van der Waals surface area contributed by atoms with E-state index >= 15 is 0 Å². The molecule has 92 valence electrons. The van der Waals surface area contributed by atoms with Crippen LogP contribution in [0, 0.1) is 0 Å². The maximum absolute atomic E-state index is 10.9. The van der Waals surface area contributed by atoms with Crippen molar-refractivity contribution >= 4 is 11.6 Å². The summed E-state index contributed by atoms with van der Waals surface area (Å²) in [7, 11) is 0. The van der Waals surface area contributed by atoms with Crippen LogP contribution in [0.25, 0.3) is 0 Å². The molecule has 0 aliphatic carbocycles. The van der Waals surface area contributed by atoms with Gasteiger partial charge in [0.2, 0.25) is 5.91 Å². The predicted octanol–water partition coefficient (Wildman–Crippen LogP) is 0.186. The van der Waals surface area contributed by atoms with Crippen LogP contribution in [0.15, 0.2) is 24.3 Å². The van der Waals surface area contributed by atoms with Gasteiger partial charge in [-0.05, 0) is 24.3 Å². The fourth-order valence-electron chi connectivity index (χ4n) is 1.73. The number of carbonyl (C=O) groups excluding carboxylic acids is 1. The highest BCUT2D eigenvalue weighted by molar-refractivity contribution is 5.93. The van der Waals surface area contributed by atoms with E-state index in [1.165, 1.54) is 0 Å². The highest BCUT2D eigenvalue weighted by Gasteiger charge is 2.12. The lowest BCUT2D eigenvalue weighted by Gasteiger charge is -2.24. The predicted molar refractivity (Wildman–Crippen MR) is 66.1 cm³/mol. The van der Waals surface area contributed by atoms with Crippen molar-refractivity contribution in [2.75, 3.05) is 31.6 Å². The fraction of sp³-hybridized carbons (Fsp3) is 0.417.